The van der Waals surface area contributed by atoms with Crippen molar-refractivity contribution in [3.8, 4) is 0 Å². The summed E-state index contributed by atoms with van der Waals surface area (Å²) in [5.74, 6) is 1.06. The molecule has 0 bridgehead atoms. The van der Waals surface area contributed by atoms with E-state index in [9.17, 15) is 0 Å². The second-order valence-corrected chi connectivity index (χ2v) is 2.67. The number of amidine groups is 1. The number of nitrogens with one attached hydrogen (secondary N) is 1. The topological polar surface area (TPSA) is 62.2 Å². The third-order valence-corrected chi connectivity index (χ3v) is 1.87. The van der Waals surface area contributed by atoms with E-state index in [2.05, 4.69) is 18.6 Å². The Morgan fingerprint density at radius 2 is 1.77 bits per heavy atom. The highest BCUT2D eigenvalue weighted by Gasteiger charge is 2.08. The van der Waals surface area contributed by atoms with Crippen molar-refractivity contribution in [1.29, 1.82) is 5.41 Å². The summed E-state index contributed by atoms with van der Waals surface area (Å²) in [6.45, 7) is 12.6. The van der Waals surface area contributed by atoms with Crippen LogP contribution in [0.3, 0.4) is 0 Å². The number of hydrogen-bond donors (Lipinski definition) is 2. The van der Waals surface area contributed by atoms with Gasteiger partial charge in [-0.3, -0.25) is 4.99 Å². The maximum absolute atomic E-state index is 5.50. The summed E-state index contributed by atoms with van der Waals surface area (Å²) < 4.78 is 0. The predicted octanol–water partition coefficient (Wildman–Crippen LogP) is 2.75. The fourth-order valence-electron chi connectivity index (χ4n) is 0.498. The average Bonchev–Trinajstić information content (AvgIpc) is 2.60. The van der Waals surface area contributed by atoms with Crippen molar-refractivity contribution in [2.75, 3.05) is 5.75 Å². The van der Waals surface area contributed by atoms with Gasteiger partial charge in [-0.05, 0) is 13.6 Å². The molecule has 1 atom stereocenters. The van der Waals surface area contributed by atoms with Gasteiger partial charge in [-0.25, -0.2) is 0 Å². The van der Waals surface area contributed by atoms with Crippen LogP contribution in [0, 0.1) is 5.41 Å². The van der Waals surface area contributed by atoms with E-state index in [1.165, 1.54) is 0 Å². The lowest BCUT2D eigenvalue weighted by molar-refractivity contribution is 0.864. The minimum absolute atomic E-state index is 0.449. The normalized spacial score (nSPS) is 17.6. The van der Waals surface area contributed by atoms with Crippen LogP contribution in [0.5, 0.6) is 0 Å². The predicted molar refractivity (Wildman–Crippen MR) is 66.1 cm³/mol. The summed E-state index contributed by atoms with van der Waals surface area (Å²) in [5.41, 5.74) is 5.34. The molecule has 3 nitrogen and oxygen atoms in total. The molecule has 0 aromatic heterocycles. The molecule has 0 saturated heterocycles. The molecule has 0 saturated carbocycles. The molecule has 0 amide bonds. The third-order valence-electron chi connectivity index (χ3n) is 0.820. The van der Waals surface area contributed by atoms with E-state index in [1.54, 1.807) is 11.8 Å². The first-order chi connectivity index (χ1) is 6.29. The van der Waals surface area contributed by atoms with Gasteiger partial charge in [0.1, 0.15) is 0 Å². The molecule has 1 heterocycles. The molecule has 0 aromatic rings. The van der Waals surface area contributed by atoms with Gasteiger partial charge in [0.05, 0.1) is 6.04 Å². The molecule has 1 unspecified atom stereocenters. The largest absolute Gasteiger partial charge is 0.379 e. The highest BCUT2D eigenvalue weighted by atomic mass is 32.2. The number of aliphatic imine (C=N–C) groups is 1. The van der Waals surface area contributed by atoms with Crippen LogP contribution in [-0.2, 0) is 0 Å². The highest BCUT2D eigenvalue weighted by Crippen LogP contribution is 2.12. The molecule has 0 fully saturated rings. The van der Waals surface area contributed by atoms with Crippen LogP contribution in [0.1, 0.15) is 34.6 Å². The Hall–Kier alpha value is -0.510. The van der Waals surface area contributed by atoms with E-state index in [1.807, 2.05) is 27.7 Å². The van der Waals surface area contributed by atoms with Gasteiger partial charge < -0.3 is 11.1 Å². The molecule has 0 spiro atoms. The van der Waals surface area contributed by atoms with Gasteiger partial charge in [0, 0.05) is 5.75 Å². The van der Waals surface area contributed by atoms with E-state index >= 15 is 0 Å². The summed E-state index contributed by atoms with van der Waals surface area (Å²) in [7, 11) is 0. The second-order valence-electron chi connectivity index (χ2n) is 1.63. The van der Waals surface area contributed by atoms with Crippen LogP contribution in [0.4, 0.5) is 0 Å². The van der Waals surface area contributed by atoms with E-state index in [4.69, 9.17) is 11.1 Å². The van der Waals surface area contributed by atoms with Gasteiger partial charge >= 0.3 is 0 Å². The first-order valence-electron chi connectivity index (χ1n) is 4.60. The summed E-state index contributed by atoms with van der Waals surface area (Å²) in [6, 6.07) is 0.449. The summed E-state index contributed by atoms with van der Waals surface area (Å²) in [5, 5.41) is 6.24. The summed E-state index contributed by atoms with van der Waals surface area (Å²) >= 11 is 1.63. The maximum Gasteiger partial charge on any atom is 0.154 e. The lowest BCUT2D eigenvalue weighted by Crippen LogP contribution is -2.01. The number of nitrogens with two attached hydrogens (primary N) is 1. The number of nitrogens with zero attached hydrogens (tertiary/aromatic N) is 1. The zero-order valence-corrected chi connectivity index (χ0v) is 10.2. The van der Waals surface area contributed by atoms with Crippen molar-refractivity contribution in [3.63, 3.8) is 0 Å². The molecule has 80 valence electrons. The Balaban J connectivity index is -0.000000144. The molecule has 0 aliphatic carbocycles. The minimum atomic E-state index is 0.449. The third kappa shape index (κ3) is 14.4. The van der Waals surface area contributed by atoms with E-state index in [-0.39, 0.29) is 0 Å². The van der Waals surface area contributed by atoms with Gasteiger partial charge in [0.15, 0.2) is 5.17 Å². The van der Waals surface area contributed by atoms with Crippen LogP contribution in [0.25, 0.3) is 0 Å². The van der Waals surface area contributed by atoms with Gasteiger partial charge in [0.25, 0.3) is 0 Å². The molecular formula is C9H23N3S. The molecule has 1 rings (SSSR count). The van der Waals surface area contributed by atoms with Crippen molar-refractivity contribution < 1.29 is 0 Å². The smallest absolute Gasteiger partial charge is 0.154 e. The van der Waals surface area contributed by atoms with E-state index in [0.717, 1.165) is 10.9 Å². The minimum Gasteiger partial charge on any atom is -0.379 e. The van der Waals surface area contributed by atoms with Crippen LogP contribution in [-0.4, -0.2) is 23.7 Å². The molecular weight excluding hydrogens is 182 g/mol. The molecule has 3 N–H and O–H groups in total. The molecule has 0 radical (unpaired) electrons. The van der Waals surface area contributed by atoms with Crippen LogP contribution >= 0.6 is 11.8 Å². The second kappa shape index (κ2) is 17.5. The van der Waals surface area contributed by atoms with E-state index < -0.39 is 0 Å². The van der Waals surface area contributed by atoms with Crippen molar-refractivity contribution in [3.05, 3.63) is 0 Å². The van der Waals surface area contributed by atoms with Crippen LogP contribution in [0.2, 0.25) is 0 Å². The Kier molecular flexibility index (Phi) is 24.7. The zero-order chi connectivity index (χ0) is 11.3. The first-order valence-corrected chi connectivity index (χ1v) is 5.59. The van der Waals surface area contributed by atoms with Gasteiger partial charge in [-0.15, -0.1) is 0 Å². The molecule has 13 heavy (non-hydrogen) atoms. The maximum atomic E-state index is 5.50. The standard InChI is InChI=1S/C4H8N2S.2C2H6.CH3N/c1-3-2-7-4(5)6-3;3*1-2/h3H,2H2,1H3,(H2,5,6);2*1-2H3;2H,1H2. The fraction of sp³-hybridized carbons (Fsp3) is 0.778. The van der Waals surface area contributed by atoms with Gasteiger partial charge in [-0.2, -0.15) is 0 Å². The highest BCUT2D eigenvalue weighted by molar-refractivity contribution is 8.14. The Morgan fingerprint density at radius 1 is 1.38 bits per heavy atom. The Labute approximate surface area is 86.7 Å². The molecule has 1 aliphatic rings. The van der Waals surface area contributed by atoms with Crippen molar-refractivity contribution in [1.82, 2.24) is 0 Å². The molecule has 1 aliphatic heterocycles. The summed E-state index contributed by atoms with van der Waals surface area (Å²) in [4.78, 5) is 4.05. The first kappa shape index (κ1) is 18.3. The van der Waals surface area contributed by atoms with E-state index in [0.29, 0.717) is 6.04 Å². The van der Waals surface area contributed by atoms with Crippen molar-refractivity contribution >= 4 is 23.6 Å². The Morgan fingerprint density at radius 3 is 1.85 bits per heavy atom. The van der Waals surface area contributed by atoms with Gasteiger partial charge in [0.2, 0.25) is 0 Å². The number of hydrogen-bond acceptors (Lipinski definition) is 4. The van der Waals surface area contributed by atoms with Crippen molar-refractivity contribution in [2.24, 2.45) is 10.7 Å². The monoisotopic (exact) mass is 205 g/mol. The molecule has 0 aromatic carbocycles. The van der Waals surface area contributed by atoms with Gasteiger partial charge in [-0.1, -0.05) is 39.5 Å². The quantitative estimate of drug-likeness (QED) is 0.597. The fourth-order valence-corrected chi connectivity index (χ4v) is 1.24. The van der Waals surface area contributed by atoms with Crippen LogP contribution < -0.4 is 5.73 Å². The summed E-state index contributed by atoms with van der Waals surface area (Å²) in [6.07, 6.45) is 0. The number of thioether (sulfide) groups is 1. The molecule has 4 heteroatoms. The lowest BCUT2D eigenvalue weighted by atomic mass is 10.4. The zero-order valence-electron chi connectivity index (χ0n) is 9.42. The lowest BCUT2D eigenvalue weighted by Gasteiger charge is -1.86. The van der Waals surface area contributed by atoms with Crippen molar-refractivity contribution in [2.45, 2.75) is 40.7 Å². The Bertz CT molecular complexity index is 115. The number of rotatable bonds is 0. The SMILES string of the molecule is C=N.CC.CC.CC1CSC(N)=N1. The average molecular weight is 205 g/mol. The van der Waals surface area contributed by atoms with Crippen LogP contribution in [0.15, 0.2) is 4.99 Å².